The number of aromatic nitrogens is 3. The molecule has 1 amide bonds. The molecule has 3 unspecified atom stereocenters. The molecule has 3 aliphatic heterocycles. The van der Waals surface area contributed by atoms with Gasteiger partial charge in [-0.3, -0.25) is 4.90 Å². The number of nitrogens with zero attached hydrogens (tertiary/aromatic N) is 6. The van der Waals surface area contributed by atoms with E-state index in [0.29, 0.717) is 47.8 Å². The monoisotopic (exact) mass is 892 g/mol. The van der Waals surface area contributed by atoms with Crippen LogP contribution in [0.15, 0.2) is 59.8 Å². The minimum atomic E-state index is -5.14. The summed E-state index contributed by atoms with van der Waals surface area (Å²) >= 11 is 1.14. The Morgan fingerprint density at radius 1 is 0.921 bits per heavy atom. The number of hydrogen-bond acceptors (Lipinski definition) is 11. The van der Waals surface area contributed by atoms with Crippen LogP contribution in [-0.2, 0) is 24.0 Å². The SMILES string of the molecule is COc1ccc(CN(Cc2ccc(OC)cc2)c2cc(-c3nc4c5c(nc(SC)nc5c3F)N3CC5CCC(C3C(C)(C)O4)N5C(=O)OC(C)(C)C)c(C(F)(F)F)c(C)c2F)cc1. The van der Waals surface area contributed by atoms with Gasteiger partial charge in [0.1, 0.15) is 50.9 Å². The maximum Gasteiger partial charge on any atom is 0.417 e. The van der Waals surface area contributed by atoms with Crippen LogP contribution in [0.3, 0.4) is 0 Å². The Labute approximate surface area is 366 Å². The molecule has 2 fully saturated rings. The normalized spacial score (nSPS) is 19.0. The smallest absolute Gasteiger partial charge is 0.417 e. The lowest BCUT2D eigenvalue weighted by Crippen LogP contribution is -2.68. The minimum Gasteiger partial charge on any atom is -0.497 e. The van der Waals surface area contributed by atoms with Gasteiger partial charge < -0.3 is 28.7 Å². The Balaban J connectivity index is 1.32. The number of thioether (sulfide) groups is 1. The number of pyridine rings is 1. The van der Waals surface area contributed by atoms with Gasteiger partial charge in [-0.25, -0.2) is 28.5 Å². The van der Waals surface area contributed by atoms with E-state index in [1.54, 1.807) is 99.2 Å². The Morgan fingerprint density at radius 2 is 1.52 bits per heavy atom. The number of rotatable bonds is 9. The van der Waals surface area contributed by atoms with Crippen LogP contribution in [0.4, 0.5) is 38.3 Å². The summed E-state index contributed by atoms with van der Waals surface area (Å²) < 4.78 is 104. The number of carbonyl (C=O) groups excluding carboxylic acids is 1. The summed E-state index contributed by atoms with van der Waals surface area (Å²) in [4.78, 5) is 33.1. The molecule has 2 saturated heterocycles. The first-order chi connectivity index (χ1) is 29.7. The van der Waals surface area contributed by atoms with Crippen LogP contribution < -0.4 is 24.0 Å². The van der Waals surface area contributed by atoms with E-state index in [-0.39, 0.29) is 46.8 Å². The van der Waals surface area contributed by atoms with Crippen molar-refractivity contribution >= 4 is 40.3 Å². The zero-order valence-electron chi connectivity index (χ0n) is 36.5. The fourth-order valence-corrected chi connectivity index (χ4v) is 9.62. The van der Waals surface area contributed by atoms with E-state index in [4.69, 9.17) is 23.9 Å². The first kappa shape index (κ1) is 44.0. The predicted molar refractivity (Wildman–Crippen MR) is 231 cm³/mol. The number of benzene rings is 3. The third-order valence-electron chi connectivity index (χ3n) is 11.9. The number of carbonyl (C=O) groups is 1. The van der Waals surface area contributed by atoms with Crippen LogP contribution in [0.5, 0.6) is 17.4 Å². The van der Waals surface area contributed by atoms with E-state index in [1.165, 1.54) is 14.2 Å². The summed E-state index contributed by atoms with van der Waals surface area (Å²) in [5.74, 6) is -0.993. The molecule has 3 atom stereocenters. The van der Waals surface area contributed by atoms with Crippen molar-refractivity contribution in [1.82, 2.24) is 19.9 Å². The second kappa shape index (κ2) is 16.2. The van der Waals surface area contributed by atoms with Crippen molar-refractivity contribution in [2.24, 2.45) is 0 Å². The van der Waals surface area contributed by atoms with E-state index in [1.807, 2.05) is 4.90 Å². The number of fused-ring (bicyclic) bond motifs is 5. The van der Waals surface area contributed by atoms with Crippen molar-refractivity contribution in [3.05, 3.63) is 88.5 Å². The van der Waals surface area contributed by atoms with Crippen molar-refractivity contribution in [3.63, 3.8) is 0 Å². The number of halogens is 5. The summed E-state index contributed by atoms with van der Waals surface area (Å²) in [5, 5.41) is 0.250. The highest BCUT2D eigenvalue weighted by Gasteiger charge is 2.57. The number of amides is 1. The summed E-state index contributed by atoms with van der Waals surface area (Å²) in [5.41, 5.74) is -4.55. The van der Waals surface area contributed by atoms with E-state index >= 15 is 22.0 Å². The van der Waals surface area contributed by atoms with Crippen LogP contribution in [-0.4, -0.2) is 82.3 Å². The summed E-state index contributed by atoms with van der Waals surface area (Å²) in [6.45, 7) is 10.5. The van der Waals surface area contributed by atoms with E-state index < -0.39 is 69.6 Å². The molecule has 2 bridgehead atoms. The number of piperazine rings is 1. The lowest BCUT2D eigenvalue weighted by atomic mass is 9.88. The summed E-state index contributed by atoms with van der Waals surface area (Å²) in [6.07, 6.45) is -2.60. The summed E-state index contributed by atoms with van der Waals surface area (Å²) in [6, 6.07) is 13.8. The molecular formula is C46H49F5N6O5S. The fraction of sp³-hybridized carbons (Fsp3) is 0.435. The molecule has 334 valence electrons. The second-order valence-corrected chi connectivity index (χ2v) is 18.4. The van der Waals surface area contributed by atoms with Crippen LogP contribution >= 0.6 is 11.8 Å². The van der Waals surface area contributed by atoms with E-state index in [2.05, 4.69) is 9.97 Å². The highest BCUT2D eigenvalue weighted by molar-refractivity contribution is 7.98. The Bertz CT molecular complexity index is 2520. The lowest BCUT2D eigenvalue weighted by Gasteiger charge is -2.51. The molecule has 2 aromatic heterocycles. The largest absolute Gasteiger partial charge is 0.497 e. The molecule has 0 N–H and O–H groups in total. The minimum absolute atomic E-state index is 0.0563. The van der Waals surface area contributed by atoms with Gasteiger partial charge in [0.25, 0.3) is 0 Å². The highest BCUT2D eigenvalue weighted by Crippen LogP contribution is 2.51. The number of methoxy groups -OCH3 is 2. The van der Waals surface area contributed by atoms with Crippen LogP contribution in [0.25, 0.3) is 22.2 Å². The van der Waals surface area contributed by atoms with Crippen LogP contribution in [0, 0.1) is 18.6 Å². The molecule has 63 heavy (non-hydrogen) atoms. The fourth-order valence-electron chi connectivity index (χ4n) is 9.26. The molecular weight excluding hydrogens is 844 g/mol. The van der Waals surface area contributed by atoms with Gasteiger partial charge in [0.2, 0.25) is 5.88 Å². The third-order valence-corrected chi connectivity index (χ3v) is 12.5. The third kappa shape index (κ3) is 8.12. The van der Waals surface area contributed by atoms with Crippen molar-refractivity contribution in [2.45, 2.75) is 108 Å². The molecule has 5 aromatic rings. The lowest BCUT2D eigenvalue weighted by molar-refractivity contribution is -0.137. The van der Waals surface area contributed by atoms with E-state index in [0.717, 1.165) is 24.8 Å². The van der Waals surface area contributed by atoms with E-state index in [9.17, 15) is 4.79 Å². The topological polar surface area (TPSA) is 102 Å². The predicted octanol–water partition coefficient (Wildman–Crippen LogP) is 10.4. The van der Waals surface area contributed by atoms with Crippen molar-refractivity contribution in [2.75, 3.05) is 36.8 Å². The molecule has 0 radical (unpaired) electrons. The molecule has 5 heterocycles. The first-order valence-corrected chi connectivity index (χ1v) is 21.8. The van der Waals surface area contributed by atoms with Crippen LogP contribution in [0.1, 0.15) is 69.7 Å². The quantitative estimate of drug-likeness (QED) is 0.0803. The highest BCUT2D eigenvalue weighted by atomic mass is 32.2. The molecule has 8 rings (SSSR count). The van der Waals surface area contributed by atoms with Crippen molar-refractivity contribution < 1.29 is 45.7 Å². The van der Waals surface area contributed by atoms with Gasteiger partial charge >= 0.3 is 12.3 Å². The van der Waals surface area contributed by atoms with Gasteiger partial charge in [-0.2, -0.15) is 13.2 Å². The van der Waals surface area contributed by atoms with Gasteiger partial charge in [-0.1, -0.05) is 36.0 Å². The molecule has 11 nitrogen and oxygen atoms in total. The molecule has 0 spiro atoms. The maximum absolute atomic E-state index is 17.6. The van der Waals surface area contributed by atoms with Gasteiger partial charge in [0, 0.05) is 25.2 Å². The number of alkyl halides is 3. The molecule has 3 aromatic carbocycles. The Kier molecular flexibility index (Phi) is 11.3. The number of ether oxygens (including phenoxy) is 4. The van der Waals surface area contributed by atoms with Gasteiger partial charge in [0.15, 0.2) is 11.0 Å². The second-order valence-electron chi connectivity index (χ2n) is 17.6. The molecule has 17 heteroatoms. The van der Waals surface area contributed by atoms with Gasteiger partial charge in [-0.05, 0) is 108 Å². The first-order valence-electron chi connectivity index (χ1n) is 20.6. The van der Waals surface area contributed by atoms with Gasteiger partial charge in [0.05, 0.1) is 43.6 Å². The zero-order chi connectivity index (χ0) is 45.3. The zero-order valence-corrected chi connectivity index (χ0v) is 37.3. The average molecular weight is 893 g/mol. The maximum atomic E-state index is 17.6. The Hall–Kier alpha value is -5.58. The van der Waals surface area contributed by atoms with Crippen molar-refractivity contribution in [3.8, 4) is 28.6 Å². The Morgan fingerprint density at radius 3 is 2.06 bits per heavy atom. The van der Waals surface area contributed by atoms with Crippen LogP contribution in [0.2, 0.25) is 0 Å². The molecule has 0 aliphatic carbocycles. The molecule has 0 saturated carbocycles. The average Bonchev–Trinajstić information content (AvgIpc) is 3.48. The summed E-state index contributed by atoms with van der Waals surface area (Å²) in [7, 11) is 3.05. The standard InChI is InChI=1S/C46H49F5N6O5S/c1-24-34(46(49,50)51)30(20-32(35(24)47)55(21-25-10-15-28(59-7)16-11-25)22-26-12-17-29(60-8)18-13-26)37-36(48)38-33-40(54-42(53-38)63-9)56-23-27-14-19-31(57(27)43(58)62-44(2,3)4)39(56)45(5,6)61-41(33)52-37/h10-13,15-18,20,27,31,39H,14,19,21-23H2,1-9H3. The number of anilines is 2. The van der Waals surface area contributed by atoms with Gasteiger partial charge in [-0.15, -0.1) is 0 Å². The van der Waals surface area contributed by atoms with Crippen molar-refractivity contribution in [1.29, 1.82) is 0 Å². The number of hydrogen-bond donors (Lipinski definition) is 0. The molecule has 3 aliphatic rings.